The summed E-state index contributed by atoms with van der Waals surface area (Å²) in [5.74, 6) is -0.594. The highest BCUT2D eigenvalue weighted by atomic mass is 32.2. The molecule has 3 aromatic rings. The Bertz CT molecular complexity index is 1090. The van der Waals surface area contributed by atoms with Gasteiger partial charge in [-0.15, -0.1) is 0 Å². The van der Waals surface area contributed by atoms with Crippen molar-refractivity contribution >= 4 is 27.3 Å². The largest absolute Gasteiger partial charge is 0.299 e. The number of rotatable bonds is 3. The van der Waals surface area contributed by atoms with Gasteiger partial charge in [0.1, 0.15) is 16.9 Å². The summed E-state index contributed by atoms with van der Waals surface area (Å²) in [5, 5.41) is 9.94. The van der Waals surface area contributed by atoms with Crippen LogP contribution >= 0.6 is 0 Å². The molecule has 0 aliphatic carbocycles. The molecule has 9 heteroatoms. The zero-order valence-corrected chi connectivity index (χ0v) is 14.1. The minimum absolute atomic E-state index is 0.0297. The summed E-state index contributed by atoms with van der Waals surface area (Å²) >= 11 is 0. The number of pyridine rings is 1. The first-order chi connectivity index (χ1) is 11.9. The summed E-state index contributed by atoms with van der Waals surface area (Å²) in [6, 6.07) is 6.58. The van der Waals surface area contributed by atoms with Gasteiger partial charge < -0.3 is 0 Å². The molecule has 1 aromatic carbocycles. The first-order valence-corrected chi connectivity index (χ1v) is 8.99. The highest BCUT2D eigenvalue weighted by Gasteiger charge is 2.23. The minimum atomic E-state index is -4.01. The van der Waals surface area contributed by atoms with E-state index in [0.29, 0.717) is 17.6 Å². The normalized spacial score (nSPS) is 17.5. The zero-order chi connectivity index (χ0) is 17.6. The Kier molecular flexibility index (Phi) is 3.53. The molecule has 0 fully saturated rings. The molecule has 1 aliphatic rings. The van der Waals surface area contributed by atoms with E-state index in [1.807, 2.05) is 7.05 Å². The molecule has 0 radical (unpaired) electrons. The van der Waals surface area contributed by atoms with E-state index in [1.54, 1.807) is 23.5 Å². The Labute approximate surface area is 143 Å². The van der Waals surface area contributed by atoms with Gasteiger partial charge in [-0.2, -0.15) is 22.7 Å². The first-order valence-electron chi connectivity index (χ1n) is 7.55. The average Bonchev–Trinajstić information content (AvgIpc) is 3.20. The third kappa shape index (κ3) is 2.66. The summed E-state index contributed by atoms with van der Waals surface area (Å²) in [7, 11) is -2.15. The van der Waals surface area contributed by atoms with E-state index in [9.17, 15) is 12.8 Å². The molecule has 0 saturated carbocycles. The lowest BCUT2D eigenvalue weighted by atomic mass is 10.0. The summed E-state index contributed by atoms with van der Waals surface area (Å²) < 4.78 is 40.0. The Hall–Kier alpha value is -2.81. The minimum Gasteiger partial charge on any atom is -0.299 e. The van der Waals surface area contributed by atoms with Gasteiger partial charge in [0.25, 0.3) is 10.0 Å². The molecular weight excluding hydrogens is 345 g/mol. The predicted molar refractivity (Wildman–Crippen MR) is 90.4 cm³/mol. The molecule has 1 aliphatic heterocycles. The Morgan fingerprint density at radius 3 is 2.80 bits per heavy atom. The number of nitrogens with zero attached hydrogens (tertiary/aromatic N) is 5. The van der Waals surface area contributed by atoms with Crippen LogP contribution in [0.5, 0.6) is 0 Å². The molecule has 0 N–H and O–H groups in total. The number of hydrazone groups is 1. The van der Waals surface area contributed by atoms with Gasteiger partial charge in [-0.05, 0) is 29.8 Å². The fourth-order valence-corrected chi connectivity index (χ4v) is 4.08. The molecule has 128 valence electrons. The lowest BCUT2D eigenvalue weighted by molar-refractivity contribution is 0.381. The Morgan fingerprint density at radius 1 is 1.24 bits per heavy atom. The molecule has 0 amide bonds. The Balaban J connectivity index is 1.84. The molecule has 3 heterocycles. The van der Waals surface area contributed by atoms with Crippen molar-refractivity contribution in [1.82, 2.24) is 19.2 Å². The molecule has 25 heavy (non-hydrogen) atoms. The van der Waals surface area contributed by atoms with Crippen LogP contribution in [0, 0.1) is 5.82 Å². The van der Waals surface area contributed by atoms with Crippen LogP contribution in [-0.2, 0) is 10.0 Å². The number of fused-ring (bicyclic) bond motifs is 1. The molecular formula is C16H14FN5O2S. The first kappa shape index (κ1) is 15.7. The van der Waals surface area contributed by atoms with E-state index in [4.69, 9.17) is 0 Å². The van der Waals surface area contributed by atoms with Crippen molar-refractivity contribution in [3.05, 3.63) is 54.1 Å². The number of aromatic nitrogens is 3. The topological polar surface area (TPSA) is 80.5 Å². The smallest absolute Gasteiger partial charge is 0.283 e. The molecule has 0 bridgehead atoms. The monoisotopic (exact) mass is 359 g/mol. The van der Waals surface area contributed by atoms with Gasteiger partial charge in [0.05, 0.1) is 11.1 Å². The maximum Gasteiger partial charge on any atom is 0.283 e. The fourth-order valence-electron chi connectivity index (χ4n) is 2.79. The van der Waals surface area contributed by atoms with Crippen molar-refractivity contribution in [2.75, 3.05) is 13.6 Å². The maximum atomic E-state index is 13.4. The third-order valence-electron chi connectivity index (χ3n) is 4.06. The van der Waals surface area contributed by atoms with Crippen molar-refractivity contribution in [3.8, 4) is 0 Å². The van der Waals surface area contributed by atoms with Gasteiger partial charge in [0.2, 0.25) is 0 Å². The molecule has 4 rings (SSSR count). The van der Waals surface area contributed by atoms with Crippen LogP contribution in [0.3, 0.4) is 0 Å². The number of benzene rings is 1. The number of hydrogen-bond donors (Lipinski definition) is 0. The SMILES string of the molecule is CN1CC(c2cnc3cnn(S(=O)(=O)c4cccc(F)c4)c3c2)C=N1. The van der Waals surface area contributed by atoms with E-state index in [1.165, 1.54) is 24.4 Å². The standard InChI is InChI=1S/C16H14FN5O2S/c1-21-10-12(8-19-21)11-5-16-15(18-7-11)9-20-22(16)25(23,24)14-4-2-3-13(17)6-14/h2-9,12H,10H2,1H3. The Morgan fingerprint density at radius 2 is 2.08 bits per heavy atom. The van der Waals surface area contributed by atoms with E-state index in [2.05, 4.69) is 15.2 Å². The summed E-state index contributed by atoms with van der Waals surface area (Å²) in [6.07, 6.45) is 4.87. The van der Waals surface area contributed by atoms with Gasteiger partial charge in [-0.25, -0.2) is 4.39 Å². The highest BCUT2D eigenvalue weighted by molar-refractivity contribution is 7.90. The van der Waals surface area contributed by atoms with Crippen molar-refractivity contribution in [2.24, 2.45) is 5.10 Å². The fraction of sp³-hybridized carbons (Fsp3) is 0.188. The number of likely N-dealkylation sites (N-methyl/N-ethyl adjacent to an activating group) is 1. The van der Waals surface area contributed by atoms with E-state index >= 15 is 0 Å². The molecule has 0 spiro atoms. The molecule has 1 atom stereocenters. The van der Waals surface area contributed by atoms with E-state index in [0.717, 1.165) is 15.7 Å². The molecule has 0 saturated heterocycles. The summed E-state index contributed by atoms with van der Waals surface area (Å²) in [5.41, 5.74) is 1.65. The predicted octanol–water partition coefficient (Wildman–Crippen LogP) is 1.82. The summed E-state index contributed by atoms with van der Waals surface area (Å²) in [6.45, 7) is 0.692. The van der Waals surface area contributed by atoms with Crippen LogP contribution < -0.4 is 0 Å². The highest BCUT2D eigenvalue weighted by Crippen LogP contribution is 2.25. The molecule has 2 aromatic heterocycles. The van der Waals surface area contributed by atoms with Crippen LogP contribution in [0.2, 0.25) is 0 Å². The second-order valence-electron chi connectivity index (χ2n) is 5.83. The summed E-state index contributed by atoms with van der Waals surface area (Å²) in [4.78, 5) is 4.13. The van der Waals surface area contributed by atoms with Gasteiger partial charge in [-0.3, -0.25) is 9.99 Å². The average molecular weight is 359 g/mol. The second kappa shape index (κ2) is 5.62. The van der Waals surface area contributed by atoms with E-state index < -0.39 is 15.8 Å². The van der Waals surface area contributed by atoms with E-state index in [-0.39, 0.29) is 10.8 Å². The zero-order valence-electron chi connectivity index (χ0n) is 13.2. The van der Waals surface area contributed by atoms with Crippen molar-refractivity contribution in [2.45, 2.75) is 10.8 Å². The number of halogens is 1. The maximum absolute atomic E-state index is 13.4. The lowest BCUT2D eigenvalue weighted by Gasteiger charge is -2.11. The van der Waals surface area contributed by atoms with Crippen molar-refractivity contribution in [1.29, 1.82) is 0 Å². The van der Waals surface area contributed by atoms with Crippen molar-refractivity contribution in [3.63, 3.8) is 0 Å². The van der Waals surface area contributed by atoms with Crippen LogP contribution in [0.1, 0.15) is 11.5 Å². The van der Waals surface area contributed by atoms with Gasteiger partial charge in [0, 0.05) is 31.9 Å². The van der Waals surface area contributed by atoms with Crippen LogP contribution in [-0.4, -0.2) is 47.4 Å². The molecule has 7 nitrogen and oxygen atoms in total. The van der Waals surface area contributed by atoms with Gasteiger partial charge in [-0.1, -0.05) is 6.07 Å². The van der Waals surface area contributed by atoms with Crippen molar-refractivity contribution < 1.29 is 12.8 Å². The second-order valence-corrected chi connectivity index (χ2v) is 7.60. The third-order valence-corrected chi connectivity index (χ3v) is 5.66. The van der Waals surface area contributed by atoms with Crippen LogP contribution in [0.15, 0.2) is 52.7 Å². The molecule has 1 unspecified atom stereocenters. The van der Waals surface area contributed by atoms with Gasteiger partial charge >= 0.3 is 0 Å². The van der Waals surface area contributed by atoms with Crippen LogP contribution in [0.25, 0.3) is 11.0 Å². The van der Waals surface area contributed by atoms with Gasteiger partial charge in [0.15, 0.2) is 0 Å². The quantitative estimate of drug-likeness (QED) is 0.713. The van der Waals surface area contributed by atoms with Crippen LogP contribution in [0.4, 0.5) is 4.39 Å². The lowest BCUT2D eigenvalue weighted by Crippen LogP contribution is -2.15. The number of hydrogen-bond acceptors (Lipinski definition) is 6.